The number of para-hydroxylation sites is 1. The fraction of sp³-hybridized carbons (Fsp3) is 0.462. The first kappa shape index (κ1) is 14.3. The van der Waals surface area contributed by atoms with Crippen molar-refractivity contribution < 1.29 is 19.6 Å². The molecule has 20 heavy (non-hydrogen) atoms. The first-order chi connectivity index (χ1) is 9.54. The van der Waals surface area contributed by atoms with Gasteiger partial charge in [-0.05, 0) is 18.9 Å². The third kappa shape index (κ3) is 2.72. The molecule has 0 aliphatic carbocycles. The Balaban J connectivity index is 2.30. The highest BCUT2D eigenvalue weighted by Gasteiger charge is 2.28. The molecule has 0 spiro atoms. The van der Waals surface area contributed by atoms with Gasteiger partial charge in [0.1, 0.15) is 0 Å². The molecule has 0 radical (unpaired) electrons. The zero-order valence-corrected chi connectivity index (χ0v) is 11.1. The molecule has 1 aliphatic rings. The normalized spacial score (nSPS) is 16.0. The van der Waals surface area contributed by atoms with Crippen LogP contribution < -0.4 is 4.74 Å². The summed E-state index contributed by atoms with van der Waals surface area (Å²) < 4.78 is 5.03. The van der Waals surface area contributed by atoms with Crippen LogP contribution in [0.4, 0.5) is 5.69 Å². The van der Waals surface area contributed by atoms with E-state index < -0.39 is 4.92 Å². The van der Waals surface area contributed by atoms with Crippen molar-refractivity contribution in [2.24, 2.45) is 0 Å². The zero-order chi connectivity index (χ0) is 14.7. The van der Waals surface area contributed by atoms with Crippen LogP contribution in [0.15, 0.2) is 18.2 Å². The molecule has 1 saturated heterocycles. The van der Waals surface area contributed by atoms with Crippen molar-refractivity contribution in [3.8, 4) is 5.75 Å². The van der Waals surface area contributed by atoms with Gasteiger partial charge >= 0.3 is 5.69 Å². The molecule has 0 unspecified atom stereocenters. The average molecular weight is 280 g/mol. The van der Waals surface area contributed by atoms with E-state index in [1.807, 2.05) is 0 Å². The standard InChI is InChI=1S/C13H16N2O5/c1-20-12-10(3-2-4-11(12)15(18)19)13(17)14-7-5-9(16)6-8-14/h2-4,9,16H,5-8H2,1H3. The first-order valence-corrected chi connectivity index (χ1v) is 6.33. The van der Waals surface area contributed by atoms with E-state index in [1.54, 1.807) is 4.90 Å². The molecule has 1 aliphatic heterocycles. The number of likely N-dealkylation sites (tertiary alicyclic amines) is 1. The number of piperidine rings is 1. The van der Waals surface area contributed by atoms with E-state index in [-0.39, 0.29) is 29.0 Å². The van der Waals surface area contributed by atoms with E-state index in [4.69, 9.17) is 4.74 Å². The Labute approximate surface area is 115 Å². The molecular weight excluding hydrogens is 264 g/mol. The molecule has 0 bridgehead atoms. The van der Waals surface area contributed by atoms with Gasteiger partial charge in [0.15, 0.2) is 0 Å². The SMILES string of the molecule is COc1c(C(=O)N2CCC(O)CC2)cccc1[N+](=O)[O-]. The molecule has 0 aromatic heterocycles. The van der Waals surface area contributed by atoms with Crippen molar-refractivity contribution in [2.75, 3.05) is 20.2 Å². The van der Waals surface area contributed by atoms with Gasteiger partial charge in [0.2, 0.25) is 5.75 Å². The fourth-order valence-corrected chi connectivity index (χ4v) is 2.29. The maximum atomic E-state index is 12.4. The van der Waals surface area contributed by atoms with Crippen LogP contribution >= 0.6 is 0 Å². The summed E-state index contributed by atoms with van der Waals surface area (Å²) in [6.07, 6.45) is 0.650. The van der Waals surface area contributed by atoms with E-state index in [2.05, 4.69) is 0 Å². The number of nitrogens with zero attached hydrogens (tertiary/aromatic N) is 2. The molecule has 2 rings (SSSR count). The molecule has 1 N–H and O–H groups in total. The number of nitro groups is 1. The number of ether oxygens (including phenoxy) is 1. The molecule has 1 fully saturated rings. The Kier molecular flexibility index (Phi) is 4.19. The summed E-state index contributed by atoms with van der Waals surface area (Å²) in [5, 5.41) is 20.4. The van der Waals surface area contributed by atoms with Gasteiger partial charge in [-0.25, -0.2) is 0 Å². The Morgan fingerprint density at radius 2 is 2.10 bits per heavy atom. The lowest BCUT2D eigenvalue weighted by Crippen LogP contribution is -2.40. The van der Waals surface area contributed by atoms with Crippen LogP contribution in [0.5, 0.6) is 5.75 Å². The monoisotopic (exact) mass is 280 g/mol. The molecule has 7 heteroatoms. The van der Waals surface area contributed by atoms with E-state index in [9.17, 15) is 20.0 Å². The Morgan fingerprint density at radius 1 is 1.45 bits per heavy atom. The van der Waals surface area contributed by atoms with Crippen LogP contribution in [-0.2, 0) is 0 Å². The van der Waals surface area contributed by atoms with Gasteiger partial charge in [-0.2, -0.15) is 0 Å². The highest BCUT2D eigenvalue weighted by molar-refractivity contribution is 5.98. The molecule has 0 atom stereocenters. The second-order valence-electron chi connectivity index (χ2n) is 4.64. The third-order valence-electron chi connectivity index (χ3n) is 3.38. The quantitative estimate of drug-likeness (QED) is 0.663. The number of hydrogen-bond acceptors (Lipinski definition) is 5. The average Bonchev–Trinajstić information content (AvgIpc) is 2.46. The third-order valence-corrected chi connectivity index (χ3v) is 3.38. The molecule has 0 saturated carbocycles. The van der Waals surface area contributed by atoms with Gasteiger partial charge in [0.25, 0.3) is 5.91 Å². The largest absolute Gasteiger partial charge is 0.490 e. The van der Waals surface area contributed by atoms with Crippen LogP contribution in [0, 0.1) is 10.1 Å². The first-order valence-electron chi connectivity index (χ1n) is 6.33. The number of hydrogen-bond donors (Lipinski definition) is 1. The highest BCUT2D eigenvalue weighted by Crippen LogP contribution is 2.31. The Hall–Kier alpha value is -2.15. The van der Waals surface area contributed by atoms with E-state index in [1.165, 1.54) is 25.3 Å². The maximum absolute atomic E-state index is 12.4. The number of aliphatic hydroxyl groups is 1. The second-order valence-corrected chi connectivity index (χ2v) is 4.64. The second kappa shape index (κ2) is 5.87. The van der Waals surface area contributed by atoms with Gasteiger partial charge in [0.05, 0.1) is 23.7 Å². The molecule has 1 aromatic rings. The zero-order valence-electron chi connectivity index (χ0n) is 11.1. The summed E-state index contributed by atoms with van der Waals surface area (Å²) in [4.78, 5) is 24.3. The minimum absolute atomic E-state index is 0.0198. The lowest BCUT2D eigenvalue weighted by atomic mass is 10.1. The number of amides is 1. The molecule has 1 amide bonds. The van der Waals surface area contributed by atoms with Crippen molar-refractivity contribution in [2.45, 2.75) is 18.9 Å². The number of nitro benzene ring substituents is 1. The van der Waals surface area contributed by atoms with Gasteiger partial charge in [-0.3, -0.25) is 14.9 Å². The smallest absolute Gasteiger partial charge is 0.311 e. The molecule has 1 aromatic carbocycles. The summed E-state index contributed by atoms with van der Waals surface area (Å²) >= 11 is 0. The molecule has 108 valence electrons. The number of carbonyl (C=O) groups excluding carboxylic acids is 1. The summed E-state index contributed by atoms with van der Waals surface area (Å²) in [6, 6.07) is 4.28. The van der Waals surface area contributed by atoms with Crippen molar-refractivity contribution >= 4 is 11.6 Å². The van der Waals surface area contributed by atoms with Crippen molar-refractivity contribution in [1.29, 1.82) is 0 Å². The highest BCUT2D eigenvalue weighted by atomic mass is 16.6. The molecule has 7 nitrogen and oxygen atoms in total. The summed E-state index contributed by atoms with van der Waals surface area (Å²) in [5.74, 6) is -0.328. The lowest BCUT2D eigenvalue weighted by Gasteiger charge is -2.29. The predicted octanol–water partition coefficient (Wildman–Crippen LogP) is 1.20. The van der Waals surface area contributed by atoms with Crippen LogP contribution in [0.2, 0.25) is 0 Å². The van der Waals surface area contributed by atoms with Gasteiger partial charge in [-0.1, -0.05) is 6.07 Å². The van der Waals surface area contributed by atoms with Crippen LogP contribution in [0.25, 0.3) is 0 Å². The molecular formula is C13H16N2O5. The summed E-state index contributed by atoms with van der Waals surface area (Å²) in [6.45, 7) is 0.873. The van der Waals surface area contributed by atoms with Crippen molar-refractivity contribution in [1.82, 2.24) is 4.90 Å². The topological polar surface area (TPSA) is 92.9 Å². The van der Waals surface area contributed by atoms with E-state index in [0.29, 0.717) is 25.9 Å². The van der Waals surface area contributed by atoms with Gasteiger partial charge in [-0.15, -0.1) is 0 Å². The minimum Gasteiger partial charge on any atom is -0.490 e. The number of methoxy groups -OCH3 is 1. The van der Waals surface area contributed by atoms with Crippen molar-refractivity contribution in [3.05, 3.63) is 33.9 Å². The number of aliphatic hydroxyl groups excluding tert-OH is 1. The maximum Gasteiger partial charge on any atom is 0.311 e. The summed E-state index contributed by atoms with van der Waals surface area (Å²) in [7, 11) is 1.30. The van der Waals surface area contributed by atoms with Crippen LogP contribution in [0.1, 0.15) is 23.2 Å². The Bertz CT molecular complexity index is 523. The van der Waals surface area contributed by atoms with Crippen LogP contribution in [0.3, 0.4) is 0 Å². The van der Waals surface area contributed by atoms with Gasteiger partial charge in [0, 0.05) is 19.2 Å². The van der Waals surface area contributed by atoms with E-state index in [0.717, 1.165) is 0 Å². The Morgan fingerprint density at radius 3 is 2.65 bits per heavy atom. The minimum atomic E-state index is -0.574. The van der Waals surface area contributed by atoms with Crippen LogP contribution in [-0.4, -0.2) is 47.1 Å². The fourth-order valence-electron chi connectivity index (χ4n) is 2.29. The number of carbonyl (C=O) groups is 1. The number of benzene rings is 1. The van der Waals surface area contributed by atoms with Gasteiger partial charge < -0.3 is 14.7 Å². The lowest BCUT2D eigenvalue weighted by molar-refractivity contribution is -0.385. The van der Waals surface area contributed by atoms with Crippen molar-refractivity contribution in [3.63, 3.8) is 0 Å². The number of rotatable bonds is 3. The summed E-state index contributed by atoms with van der Waals surface area (Å²) in [5.41, 5.74) is -0.0477. The molecule has 1 heterocycles. The predicted molar refractivity (Wildman–Crippen MR) is 70.8 cm³/mol. The van der Waals surface area contributed by atoms with E-state index >= 15 is 0 Å².